The van der Waals surface area contributed by atoms with Crippen LogP contribution in [0.4, 0.5) is 4.39 Å². The zero-order chi connectivity index (χ0) is 66.8. The summed E-state index contributed by atoms with van der Waals surface area (Å²) in [5.74, 6) is -9.22. The van der Waals surface area contributed by atoms with Crippen LogP contribution < -0.4 is 76.4 Å². The second kappa shape index (κ2) is 35.6. The van der Waals surface area contributed by atoms with Gasteiger partial charge in [0.25, 0.3) is 0 Å². The van der Waals surface area contributed by atoms with Gasteiger partial charge in [-0.1, -0.05) is 90.1 Å². The molecule has 1 heterocycles. The first-order chi connectivity index (χ1) is 42.5. The molecule has 3 aromatic carbocycles. The first-order valence-corrected chi connectivity index (χ1v) is 30.2. The molecule has 0 bridgehead atoms. The zero-order valence-electron chi connectivity index (χ0n) is 52.4. The average molecular weight is 1260 g/mol. The number of nitrogens with one attached hydrogen (secondary N) is 7. The Kier molecular flexibility index (Phi) is 28.9. The lowest BCUT2D eigenvalue weighted by atomic mass is 9.86. The summed E-state index contributed by atoms with van der Waals surface area (Å²) in [6, 6.07) is 8.92. The molecular weight excluding hydrogens is 1160 g/mol. The van der Waals surface area contributed by atoms with Crippen LogP contribution in [0, 0.1) is 11.7 Å². The summed E-state index contributed by atoms with van der Waals surface area (Å²) < 4.78 is 19.8. The number of ether oxygens (including phenoxy) is 1. The highest BCUT2D eigenvalue weighted by molar-refractivity contribution is 5.99. The molecule has 0 spiro atoms. The Bertz CT molecular complexity index is 3000. The number of amides is 10. The molecule has 10 amide bonds. The Morgan fingerprint density at radius 2 is 1.09 bits per heavy atom. The number of hydrogen-bond acceptors (Lipinski definition) is 13. The minimum atomic E-state index is -1.71. The fourth-order valence-electron chi connectivity index (χ4n) is 9.90. The summed E-state index contributed by atoms with van der Waals surface area (Å²) in [7, 11) is 0. The van der Waals surface area contributed by atoms with Gasteiger partial charge in [0.1, 0.15) is 59.9 Å². The Balaban J connectivity index is 1.55. The molecule has 3 aromatic rings. The first-order valence-electron chi connectivity index (χ1n) is 30.2. The second-order valence-corrected chi connectivity index (χ2v) is 23.5. The lowest BCUT2D eigenvalue weighted by Gasteiger charge is -2.31. The van der Waals surface area contributed by atoms with Crippen molar-refractivity contribution in [3.8, 4) is 5.75 Å². The Hall–Kier alpha value is -9.37. The lowest BCUT2D eigenvalue weighted by molar-refractivity contribution is -0.143. The van der Waals surface area contributed by atoms with Gasteiger partial charge >= 0.3 is 0 Å². The van der Waals surface area contributed by atoms with Gasteiger partial charge in [0.05, 0.1) is 19.4 Å². The van der Waals surface area contributed by atoms with Crippen LogP contribution in [-0.4, -0.2) is 150 Å². The third kappa shape index (κ3) is 24.3. The summed E-state index contributed by atoms with van der Waals surface area (Å²) in [4.78, 5) is 148. The van der Waals surface area contributed by atoms with Crippen molar-refractivity contribution >= 4 is 71.0 Å². The summed E-state index contributed by atoms with van der Waals surface area (Å²) in [5.41, 5.74) is 35.6. The predicted octanol–water partition coefficient (Wildman–Crippen LogP) is -0.532. The van der Waals surface area contributed by atoms with E-state index in [4.69, 9.17) is 39.1 Å². The average Bonchev–Trinajstić information content (AvgIpc) is 3.79. The topological polar surface area (TPSA) is 448 Å². The van der Waals surface area contributed by atoms with Crippen LogP contribution in [0.25, 0.3) is 0 Å². The molecule has 492 valence electrons. The largest absolute Gasteiger partial charge is 0.494 e. The Morgan fingerprint density at radius 3 is 1.61 bits per heavy atom. The molecule has 0 aromatic heterocycles. The van der Waals surface area contributed by atoms with Crippen molar-refractivity contribution in [1.29, 1.82) is 0 Å². The standard InChI is InChI=1S/C62H91FN16O11/c1-8-42(59(89)79-30-12-15-48(79)57(87)75-44(14-11-29-71-61(68)69)53(83)74-43(52(65)82)13-10-28-70-60(66)67)73-55(85)47(34-49(64)80)77-58(88)51(35(3)4)78-56(86)46(32-36-18-24-40(63)25-19-36)76-54(84)45(31-37-20-26-41(27-21-37)90-9-2)72-50(81)33-38-16-22-39(23-17-38)62(5,6)7/h16-27,35,42-48,51H,8-15,28-34H2,1-7H3,(H2,64,80)(H2,65,82)(H,72,81)(H,73,85)(H,74,83)(H,75,87)(H,76,84)(H,77,88)(H,78,86)(H4,66,67,70)(H4,68,69,71)/t42-,43-,44-,45+,46-,47-,48-,51-/m0/s1. The molecule has 8 atom stereocenters. The lowest BCUT2D eigenvalue weighted by Crippen LogP contribution is -2.61. The Morgan fingerprint density at radius 1 is 0.600 bits per heavy atom. The number of benzene rings is 3. The van der Waals surface area contributed by atoms with Gasteiger partial charge in [-0.2, -0.15) is 0 Å². The van der Waals surface area contributed by atoms with Gasteiger partial charge in [0, 0.05) is 32.5 Å². The van der Waals surface area contributed by atoms with E-state index >= 15 is 0 Å². The monoisotopic (exact) mass is 1250 g/mol. The number of halogens is 1. The van der Waals surface area contributed by atoms with E-state index in [2.05, 4.69) is 68.0 Å². The van der Waals surface area contributed by atoms with Crippen molar-refractivity contribution < 1.29 is 57.1 Å². The number of hydrogen-bond donors (Lipinski definition) is 13. The van der Waals surface area contributed by atoms with Gasteiger partial charge in [-0.05, 0) is 110 Å². The molecule has 1 saturated heterocycles. The molecule has 0 saturated carbocycles. The van der Waals surface area contributed by atoms with Gasteiger partial charge in [0.15, 0.2) is 11.9 Å². The summed E-state index contributed by atoms with van der Waals surface area (Å²) in [6.45, 7) is 13.5. The van der Waals surface area contributed by atoms with Gasteiger partial charge in [-0.15, -0.1) is 0 Å². The molecule has 1 fully saturated rings. The molecule has 90 heavy (non-hydrogen) atoms. The number of carbonyl (C=O) groups is 10. The number of likely N-dealkylation sites (tertiary alicyclic amines) is 1. The Labute approximate surface area is 524 Å². The van der Waals surface area contributed by atoms with Crippen LogP contribution in [0.3, 0.4) is 0 Å². The second-order valence-electron chi connectivity index (χ2n) is 23.5. The van der Waals surface area contributed by atoms with Crippen LogP contribution in [0.1, 0.15) is 122 Å². The quantitative estimate of drug-likeness (QED) is 0.0200. The van der Waals surface area contributed by atoms with Crippen LogP contribution in [-0.2, 0) is 72.6 Å². The normalized spacial score (nSPS) is 15.2. The molecule has 27 nitrogen and oxygen atoms in total. The smallest absolute Gasteiger partial charge is 0.245 e. The zero-order valence-corrected chi connectivity index (χ0v) is 52.4. The van der Waals surface area contributed by atoms with Gasteiger partial charge in [-0.3, -0.25) is 57.9 Å². The summed E-state index contributed by atoms with van der Waals surface area (Å²) in [5, 5.41) is 18.6. The van der Waals surface area contributed by atoms with Crippen molar-refractivity contribution in [3.05, 3.63) is 101 Å². The SMILES string of the molecule is CCOc1ccc(C[C@@H](NC(=O)Cc2ccc(C(C)(C)C)cc2)C(=O)N[C@@H](Cc2ccc(F)cc2)C(=O)N[C@H](C(=O)N[C@@H](CC(N)=O)C(=O)N[C@@H](CC)C(=O)N2CCC[C@H]2C(=O)N[C@@H](CCCN=C(N)N)C(=O)N[C@@H](CCCN=C(N)N)C(N)=O)C(C)C)cc1. The van der Waals surface area contributed by atoms with Gasteiger partial charge in [0.2, 0.25) is 59.1 Å². The van der Waals surface area contributed by atoms with Crippen molar-refractivity contribution in [2.45, 2.75) is 173 Å². The number of aliphatic imine (C=N–C) groups is 2. The highest BCUT2D eigenvalue weighted by atomic mass is 19.1. The maximum Gasteiger partial charge on any atom is 0.245 e. The number of nitrogens with zero attached hydrogens (tertiary/aromatic N) is 3. The fourth-order valence-corrected chi connectivity index (χ4v) is 9.90. The van der Waals surface area contributed by atoms with E-state index in [0.29, 0.717) is 35.5 Å². The van der Waals surface area contributed by atoms with E-state index in [1.807, 2.05) is 31.2 Å². The van der Waals surface area contributed by atoms with E-state index < -0.39 is 126 Å². The van der Waals surface area contributed by atoms with E-state index in [-0.39, 0.29) is 94.8 Å². The van der Waals surface area contributed by atoms with E-state index in [1.54, 1.807) is 45.0 Å². The number of rotatable bonds is 35. The van der Waals surface area contributed by atoms with Crippen molar-refractivity contribution in [1.82, 2.24) is 42.1 Å². The minimum absolute atomic E-state index is 0.00802. The third-order valence-electron chi connectivity index (χ3n) is 14.8. The summed E-state index contributed by atoms with van der Waals surface area (Å²) >= 11 is 0. The molecule has 1 aliphatic rings. The van der Waals surface area contributed by atoms with E-state index in [1.165, 1.54) is 29.2 Å². The van der Waals surface area contributed by atoms with Crippen molar-refractivity contribution in [3.63, 3.8) is 0 Å². The number of guanidine groups is 2. The van der Waals surface area contributed by atoms with E-state index in [9.17, 15) is 52.3 Å². The predicted molar refractivity (Wildman–Crippen MR) is 336 cm³/mol. The number of carbonyl (C=O) groups excluding carboxylic acids is 10. The van der Waals surface area contributed by atoms with Crippen LogP contribution in [0.2, 0.25) is 0 Å². The molecule has 0 aliphatic carbocycles. The van der Waals surface area contributed by atoms with Gasteiger partial charge in [-0.25, -0.2) is 4.39 Å². The highest BCUT2D eigenvalue weighted by Crippen LogP contribution is 2.24. The molecule has 28 heteroatoms. The fraction of sp³-hybridized carbons (Fsp3) is 0.516. The third-order valence-corrected chi connectivity index (χ3v) is 14.8. The summed E-state index contributed by atoms with van der Waals surface area (Å²) in [6.07, 6.45) is -0.0814. The molecular formula is C62H91FN16O11. The van der Waals surface area contributed by atoms with Crippen LogP contribution >= 0.6 is 0 Å². The minimum Gasteiger partial charge on any atom is -0.494 e. The number of primary amides is 2. The van der Waals surface area contributed by atoms with Crippen LogP contribution in [0.5, 0.6) is 5.75 Å². The molecule has 19 N–H and O–H groups in total. The van der Waals surface area contributed by atoms with Crippen LogP contribution in [0.15, 0.2) is 82.8 Å². The maximum atomic E-state index is 14.6. The van der Waals surface area contributed by atoms with Crippen molar-refractivity contribution in [2.75, 3.05) is 26.2 Å². The van der Waals surface area contributed by atoms with E-state index in [0.717, 1.165) is 5.56 Å². The van der Waals surface area contributed by atoms with Crippen molar-refractivity contribution in [2.24, 2.45) is 50.3 Å². The first kappa shape index (κ1) is 73.1. The molecule has 4 rings (SSSR count). The molecule has 0 radical (unpaired) electrons. The molecule has 0 unspecified atom stereocenters. The maximum absolute atomic E-state index is 14.6. The highest BCUT2D eigenvalue weighted by Gasteiger charge is 2.40. The number of nitrogens with two attached hydrogens (primary N) is 6. The van der Waals surface area contributed by atoms with Gasteiger partial charge < -0.3 is 81.3 Å². The molecule has 1 aliphatic heterocycles.